The summed E-state index contributed by atoms with van der Waals surface area (Å²) < 4.78 is 20.6. The van der Waals surface area contributed by atoms with E-state index < -0.39 is 5.97 Å². The van der Waals surface area contributed by atoms with E-state index >= 15 is 0 Å². The molecule has 22 heavy (non-hydrogen) atoms. The van der Waals surface area contributed by atoms with E-state index in [-0.39, 0.29) is 0 Å². The fourth-order valence-electron chi connectivity index (χ4n) is 1.61. The number of aliphatic imine (C=N–C) groups is 1. The van der Waals surface area contributed by atoms with Crippen LogP contribution < -0.4 is 9.47 Å². The maximum atomic E-state index is 11.9. The van der Waals surface area contributed by atoms with Gasteiger partial charge in [0.25, 0.3) is 0 Å². The van der Waals surface area contributed by atoms with Crippen LogP contribution in [0.1, 0.15) is 10.4 Å². The number of methoxy groups -OCH3 is 3. The number of rotatable bonds is 8. The van der Waals surface area contributed by atoms with Gasteiger partial charge in [-0.3, -0.25) is 0 Å². The van der Waals surface area contributed by atoms with Crippen molar-refractivity contribution in [2.45, 2.75) is 0 Å². The van der Waals surface area contributed by atoms with Crippen LogP contribution in [0.3, 0.4) is 0 Å². The summed E-state index contributed by atoms with van der Waals surface area (Å²) >= 11 is 0. The molecule has 0 aliphatic rings. The van der Waals surface area contributed by atoms with Crippen LogP contribution in [0.15, 0.2) is 17.1 Å². The Kier molecular flexibility index (Phi) is 7.18. The van der Waals surface area contributed by atoms with Gasteiger partial charge in [-0.15, -0.1) is 0 Å². The van der Waals surface area contributed by atoms with Crippen molar-refractivity contribution < 1.29 is 23.7 Å². The summed E-state index contributed by atoms with van der Waals surface area (Å²) in [5.74, 6) is 0.420. The van der Waals surface area contributed by atoms with Crippen molar-refractivity contribution in [3.63, 3.8) is 0 Å². The molecule has 0 spiro atoms. The zero-order valence-electron chi connectivity index (χ0n) is 13.6. The third-order valence-corrected chi connectivity index (χ3v) is 2.66. The first kappa shape index (κ1) is 17.8. The Labute approximate surface area is 130 Å². The minimum absolute atomic E-state index is 0.300. The van der Waals surface area contributed by atoms with E-state index in [1.165, 1.54) is 14.2 Å². The molecule has 122 valence electrons. The Bertz CT molecular complexity index is 529. The number of carbonyl (C=O) groups excluding carboxylic acids is 1. The van der Waals surface area contributed by atoms with Crippen LogP contribution in [-0.2, 0) is 9.47 Å². The van der Waals surface area contributed by atoms with Crippen molar-refractivity contribution in [3.05, 3.63) is 17.7 Å². The molecular formula is C15H22N2O5. The van der Waals surface area contributed by atoms with Crippen molar-refractivity contribution in [3.8, 4) is 11.5 Å². The molecule has 7 nitrogen and oxygen atoms in total. The lowest BCUT2D eigenvalue weighted by Crippen LogP contribution is -2.09. The number of ether oxygens (including phenoxy) is 4. The highest BCUT2D eigenvalue weighted by Crippen LogP contribution is 2.35. The van der Waals surface area contributed by atoms with E-state index in [1.54, 1.807) is 30.5 Å². The zero-order valence-corrected chi connectivity index (χ0v) is 13.6. The van der Waals surface area contributed by atoms with E-state index in [0.29, 0.717) is 36.0 Å². The zero-order chi connectivity index (χ0) is 16.5. The van der Waals surface area contributed by atoms with E-state index in [0.717, 1.165) is 0 Å². The van der Waals surface area contributed by atoms with Gasteiger partial charge < -0.3 is 23.8 Å². The van der Waals surface area contributed by atoms with Crippen LogP contribution in [0.2, 0.25) is 0 Å². The number of hydrogen-bond donors (Lipinski definition) is 0. The minimum atomic E-state index is -0.495. The largest absolute Gasteiger partial charge is 0.493 e. The lowest BCUT2D eigenvalue weighted by Gasteiger charge is -2.14. The average molecular weight is 310 g/mol. The van der Waals surface area contributed by atoms with Crippen molar-refractivity contribution in [2.75, 3.05) is 48.6 Å². The minimum Gasteiger partial charge on any atom is -0.493 e. The Balaban J connectivity index is 3.22. The molecule has 1 rings (SSSR count). The highest BCUT2D eigenvalue weighted by Gasteiger charge is 2.17. The second-order valence-corrected chi connectivity index (χ2v) is 4.56. The maximum Gasteiger partial charge on any atom is 0.340 e. The molecule has 0 aliphatic heterocycles. The molecule has 0 aromatic heterocycles. The maximum absolute atomic E-state index is 11.9. The van der Waals surface area contributed by atoms with E-state index in [9.17, 15) is 4.79 Å². The smallest absolute Gasteiger partial charge is 0.340 e. The standard InChI is InChI=1S/C15H22N2O5/c1-17(2)10-16-12-9-13(20-4)14(22-7-6-19-3)8-11(12)15(18)21-5/h8-10H,6-7H2,1-5H3/b16-10+. The SMILES string of the molecule is COCCOc1cc(C(=O)OC)c(/N=C/N(C)C)cc1OC. The molecule has 0 atom stereocenters. The van der Waals surface area contributed by atoms with Gasteiger partial charge >= 0.3 is 5.97 Å². The first-order valence-corrected chi connectivity index (χ1v) is 6.66. The lowest BCUT2D eigenvalue weighted by atomic mass is 10.1. The van der Waals surface area contributed by atoms with Gasteiger partial charge in [-0.05, 0) is 0 Å². The highest BCUT2D eigenvalue weighted by molar-refractivity contribution is 5.96. The Hall–Kier alpha value is -2.28. The fourth-order valence-corrected chi connectivity index (χ4v) is 1.61. The Morgan fingerprint density at radius 3 is 2.45 bits per heavy atom. The second kappa shape index (κ2) is 8.89. The van der Waals surface area contributed by atoms with Gasteiger partial charge in [0.15, 0.2) is 11.5 Å². The van der Waals surface area contributed by atoms with Crippen LogP contribution in [-0.4, -0.2) is 65.8 Å². The number of benzene rings is 1. The summed E-state index contributed by atoms with van der Waals surface area (Å²) in [6.07, 6.45) is 1.59. The molecule has 1 aromatic rings. The molecule has 0 heterocycles. The van der Waals surface area contributed by atoms with Gasteiger partial charge in [0.2, 0.25) is 0 Å². The molecule has 0 fully saturated rings. The van der Waals surface area contributed by atoms with Crippen LogP contribution in [0, 0.1) is 0 Å². The summed E-state index contributed by atoms with van der Waals surface area (Å²) in [6, 6.07) is 3.19. The topological polar surface area (TPSA) is 69.6 Å². The normalized spacial score (nSPS) is 10.6. The average Bonchev–Trinajstić information content (AvgIpc) is 2.52. The molecule has 1 aromatic carbocycles. The molecule has 0 unspecified atom stereocenters. The summed E-state index contributed by atoms with van der Waals surface area (Å²) in [4.78, 5) is 18.0. The molecule has 0 aliphatic carbocycles. The Morgan fingerprint density at radius 2 is 1.91 bits per heavy atom. The summed E-state index contributed by atoms with van der Waals surface area (Å²) in [5.41, 5.74) is 0.741. The number of carbonyl (C=O) groups is 1. The van der Waals surface area contributed by atoms with Crippen LogP contribution in [0.5, 0.6) is 11.5 Å². The molecule has 0 N–H and O–H groups in total. The summed E-state index contributed by atoms with van der Waals surface area (Å²) in [7, 11) is 8.09. The second-order valence-electron chi connectivity index (χ2n) is 4.56. The van der Waals surface area contributed by atoms with Crippen molar-refractivity contribution in [1.82, 2.24) is 4.90 Å². The first-order valence-electron chi connectivity index (χ1n) is 6.66. The molecule has 0 amide bonds. The molecule has 0 bridgehead atoms. The van der Waals surface area contributed by atoms with Crippen LogP contribution >= 0.6 is 0 Å². The van der Waals surface area contributed by atoms with Gasteiger partial charge in [-0.25, -0.2) is 9.79 Å². The van der Waals surface area contributed by atoms with Gasteiger partial charge in [0, 0.05) is 33.3 Å². The number of nitrogens with zero attached hydrogens (tertiary/aromatic N) is 2. The predicted molar refractivity (Wildman–Crippen MR) is 83.5 cm³/mol. The first-order chi connectivity index (χ1) is 10.5. The van der Waals surface area contributed by atoms with Gasteiger partial charge in [-0.1, -0.05) is 0 Å². The van der Waals surface area contributed by atoms with Gasteiger partial charge in [0.05, 0.1) is 38.4 Å². The fraction of sp³-hybridized carbons (Fsp3) is 0.467. The number of hydrogen-bond acceptors (Lipinski definition) is 6. The third-order valence-electron chi connectivity index (χ3n) is 2.66. The van der Waals surface area contributed by atoms with Crippen molar-refractivity contribution >= 4 is 18.0 Å². The van der Waals surface area contributed by atoms with Gasteiger partial charge in [0.1, 0.15) is 6.61 Å². The lowest BCUT2D eigenvalue weighted by molar-refractivity contribution is 0.0601. The Morgan fingerprint density at radius 1 is 1.18 bits per heavy atom. The van der Waals surface area contributed by atoms with Crippen molar-refractivity contribution in [1.29, 1.82) is 0 Å². The quantitative estimate of drug-likeness (QED) is 0.315. The summed E-state index contributed by atoms with van der Waals surface area (Å²) in [6.45, 7) is 0.769. The van der Waals surface area contributed by atoms with Crippen LogP contribution in [0.4, 0.5) is 5.69 Å². The number of esters is 1. The molecule has 0 saturated carbocycles. The molecule has 7 heteroatoms. The van der Waals surface area contributed by atoms with E-state index in [4.69, 9.17) is 18.9 Å². The monoisotopic (exact) mass is 310 g/mol. The highest BCUT2D eigenvalue weighted by atomic mass is 16.5. The summed E-state index contributed by atoms with van der Waals surface area (Å²) in [5, 5.41) is 0. The van der Waals surface area contributed by atoms with Crippen molar-refractivity contribution in [2.24, 2.45) is 4.99 Å². The molecular weight excluding hydrogens is 288 g/mol. The molecule has 0 radical (unpaired) electrons. The molecule has 0 saturated heterocycles. The predicted octanol–water partition coefficient (Wildman–Crippen LogP) is 1.73. The van der Waals surface area contributed by atoms with E-state index in [1.807, 2.05) is 14.1 Å². The van der Waals surface area contributed by atoms with Gasteiger partial charge in [-0.2, -0.15) is 0 Å². The van der Waals surface area contributed by atoms with Crippen LogP contribution in [0.25, 0.3) is 0 Å². The van der Waals surface area contributed by atoms with E-state index in [2.05, 4.69) is 4.99 Å². The third kappa shape index (κ3) is 4.92.